The van der Waals surface area contributed by atoms with Crippen molar-refractivity contribution in [2.45, 2.75) is 26.8 Å². The molecule has 0 spiro atoms. The predicted octanol–water partition coefficient (Wildman–Crippen LogP) is 3.27. The molecule has 5 heteroatoms. The van der Waals surface area contributed by atoms with Crippen molar-refractivity contribution in [2.75, 3.05) is 6.54 Å². The van der Waals surface area contributed by atoms with Gasteiger partial charge in [-0.25, -0.2) is 4.99 Å². The number of halogens is 1. The topological polar surface area (TPSA) is 70.6 Å². The Hall–Kier alpha value is -1.76. The summed E-state index contributed by atoms with van der Waals surface area (Å²) in [5.41, 5.74) is 9.92. The van der Waals surface area contributed by atoms with Crippen molar-refractivity contribution in [2.24, 2.45) is 10.7 Å². The number of nitrogens with one attached hydrogen (secondary N) is 1. The van der Waals surface area contributed by atoms with E-state index >= 15 is 0 Å². The van der Waals surface area contributed by atoms with Gasteiger partial charge in [-0.05, 0) is 42.5 Å². The molecule has 0 heterocycles. The molecule has 4 nitrogen and oxygen atoms in total. The molecular formula is C18H24IN3O. The maximum atomic E-state index is 9.76. The molecule has 23 heavy (non-hydrogen) atoms. The zero-order chi connectivity index (χ0) is 15.9. The second-order valence-corrected chi connectivity index (χ2v) is 5.44. The number of aryl methyl sites for hydroxylation is 2. The zero-order valence-corrected chi connectivity index (χ0v) is 15.9. The van der Waals surface area contributed by atoms with Crippen molar-refractivity contribution >= 4 is 29.9 Å². The molecule has 0 atom stereocenters. The Morgan fingerprint density at radius 3 is 2.30 bits per heavy atom. The van der Waals surface area contributed by atoms with E-state index in [0.29, 0.717) is 18.3 Å². The third-order valence-corrected chi connectivity index (χ3v) is 3.55. The van der Waals surface area contributed by atoms with Gasteiger partial charge in [0.25, 0.3) is 0 Å². The summed E-state index contributed by atoms with van der Waals surface area (Å²) >= 11 is 0. The number of aliphatic imine (C=N–C) groups is 1. The number of aromatic hydroxyl groups is 1. The van der Waals surface area contributed by atoms with Gasteiger partial charge in [0.05, 0.1) is 6.54 Å². The van der Waals surface area contributed by atoms with E-state index in [1.54, 1.807) is 0 Å². The van der Waals surface area contributed by atoms with Crippen LogP contribution in [0.25, 0.3) is 0 Å². The van der Waals surface area contributed by atoms with Crippen LogP contribution in [0.15, 0.2) is 47.5 Å². The third kappa shape index (κ3) is 6.09. The molecule has 0 saturated heterocycles. The van der Waals surface area contributed by atoms with Crippen molar-refractivity contribution in [1.29, 1.82) is 0 Å². The Balaban J connectivity index is 0.00000264. The average Bonchev–Trinajstić information content (AvgIpc) is 2.51. The fourth-order valence-electron chi connectivity index (χ4n) is 2.35. The number of phenols is 1. The van der Waals surface area contributed by atoms with Gasteiger partial charge in [0.15, 0.2) is 5.96 Å². The van der Waals surface area contributed by atoms with Gasteiger partial charge in [0, 0.05) is 6.54 Å². The van der Waals surface area contributed by atoms with Crippen LogP contribution >= 0.6 is 24.0 Å². The summed E-state index contributed by atoms with van der Waals surface area (Å²) in [4.78, 5) is 4.34. The molecule has 0 fully saturated rings. The van der Waals surface area contributed by atoms with Crippen LogP contribution in [-0.2, 0) is 13.0 Å². The van der Waals surface area contributed by atoms with Crippen LogP contribution in [0.4, 0.5) is 0 Å². The normalized spacial score (nSPS) is 11.0. The smallest absolute Gasteiger partial charge is 0.188 e. The molecule has 0 aromatic heterocycles. The molecule has 0 radical (unpaired) electrons. The van der Waals surface area contributed by atoms with Gasteiger partial charge in [-0.2, -0.15) is 0 Å². The van der Waals surface area contributed by atoms with E-state index in [9.17, 15) is 5.11 Å². The van der Waals surface area contributed by atoms with Crippen LogP contribution in [0.5, 0.6) is 5.75 Å². The van der Waals surface area contributed by atoms with Gasteiger partial charge in [-0.15, -0.1) is 24.0 Å². The molecule has 2 aromatic rings. The summed E-state index contributed by atoms with van der Waals surface area (Å²) in [7, 11) is 0. The molecule has 124 valence electrons. The highest BCUT2D eigenvalue weighted by Gasteiger charge is 2.03. The van der Waals surface area contributed by atoms with Crippen LogP contribution < -0.4 is 11.1 Å². The number of nitrogens with zero attached hydrogens (tertiary/aromatic N) is 1. The lowest BCUT2D eigenvalue weighted by Crippen LogP contribution is -2.33. The standard InChI is InChI=1S/C18H23N3O.HI/c1-13-10-16(11-14(2)17(13)22)12-21-18(19)20-9-8-15-6-4-3-5-7-15;/h3-7,10-11,22H,8-9,12H2,1-2H3,(H3,19,20,21);1H. The molecule has 0 aliphatic rings. The molecule has 0 aliphatic heterocycles. The predicted molar refractivity (Wildman–Crippen MR) is 106 cm³/mol. The van der Waals surface area contributed by atoms with E-state index in [2.05, 4.69) is 22.4 Å². The first kappa shape index (κ1) is 19.3. The molecular weight excluding hydrogens is 401 g/mol. The first-order valence-corrected chi connectivity index (χ1v) is 7.43. The van der Waals surface area contributed by atoms with Crippen LogP contribution in [-0.4, -0.2) is 17.6 Å². The van der Waals surface area contributed by atoms with Crippen LogP contribution in [0.1, 0.15) is 22.3 Å². The second kappa shape index (κ2) is 9.39. The van der Waals surface area contributed by atoms with Gasteiger partial charge < -0.3 is 16.2 Å². The number of nitrogens with two attached hydrogens (primary N) is 1. The summed E-state index contributed by atoms with van der Waals surface area (Å²) in [5, 5.41) is 12.9. The fraction of sp³-hybridized carbons (Fsp3) is 0.278. The summed E-state index contributed by atoms with van der Waals surface area (Å²) in [5.74, 6) is 0.793. The first-order valence-electron chi connectivity index (χ1n) is 7.43. The van der Waals surface area contributed by atoms with E-state index < -0.39 is 0 Å². The quantitative estimate of drug-likeness (QED) is 0.391. The molecule has 0 bridgehead atoms. The molecule has 0 amide bonds. The highest BCUT2D eigenvalue weighted by molar-refractivity contribution is 14.0. The van der Waals surface area contributed by atoms with Crippen molar-refractivity contribution < 1.29 is 5.11 Å². The monoisotopic (exact) mass is 425 g/mol. The lowest BCUT2D eigenvalue weighted by atomic mass is 10.1. The Labute approximate surface area is 154 Å². The summed E-state index contributed by atoms with van der Waals surface area (Å²) in [6.07, 6.45) is 0.911. The summed E-state index contributed by atoms with van der Waals surface area (Å²) in [6.45, 7) is 5.03. The van der Waals surface area contributed by atoms with E-state index in [1.165, 1.54) is 5.56 Å². The van der Waals surface area contributed by atoms with Crippen molar-refractivity contribution in [3.8, 4) is 5.75 Å². The van der Waals surface area contributed by atoms with Crippen molar-refractivity contribution in [3.63, 3.8) is 0 Å². The number of rotatable bonds is 5. The van der Waals surface area contributed by atoms with Gasteiger partial charge in [0.2, 0.25) is 0 Å². The van der Waals surface area contributed by atoms with E-state index in [1.807, 2.05) is 44.2 Å². The minimum absolute atomic E-state index is 0. The molecule has 0 unspecified atom stereocenters. The Morgan fingerprint density at radius 2 is 1.70 bits per heavy atom. The van der Waals surface area contributed by atoms with Crippen LogP contribution in [0.2, 0.25) is 0 Å². The molecule has 2 rings (SSSR count). The minimum atomic E-state index is 0. The first-order chi connectivity index (χ1) is 10.6. The third-order valence-electron chi connectivity index (χ3n) is 3.55. The molecule has 0 aliphatic carbocycles. The minimum Gasteiger partial charge on any atom is -0.507 e. The number of phenolic OH excluding ortho intramolecular Hbond substituents is 1. The lowest BCUT2D eigenvalue weighted by Gasteiger charge is -2.08. The van der Waals surface area contributed by atoms with E-state index in [4.69, 9.17) is 5.73 Å². The maximum Gasteiger partial charge on any atom is 0.188 e. The number of benzene rings is 2. The van der Waals surface area contributed by atoms with Crippen LogP contribution in [0, 0.1) is 13.8 Å². The number of hydrogen-bond donors (Lipinski definition) is 3. The number of guanidine groups is 1. The van der Waals surface area contributed by atoms with Crippen molar-refractivity contribution in [3.05, 3.63) is 64.7 Å². The lowest BCUT2D eigenvalue weighted by molar-refractivity contribution is 0.466. The van der Waals surface area contributed by atoms with E-state index in [-0.39, 0.29) is 24.0 Å². The van der Waals surface area contributed by atoms with Crippen LogP contribution in [0.3, 0.4) is 0 Å². The fourth-order valence-corrected chi connectivity index (χ4v) is 2.35. The van der Waals surface area contributed by atoms with Gasteiger partial charge in [-0.3, -0.25) is 0 Å². The zero-order valence-electron chi connectivity index (χ0n) is 13.5. The Bertz CT molecular complexity index is 634. The van der Waals surface area contributed by atoms with Crippen molar-refractivity contribution in [1.82, 2.24) is 5.32 Å². The summed E-state index contributed by atoms with van der Waals surface area (Å²) in [6, 6.07) is 14.1. The highest BCUT2D eigenvalue weighted by Crippen LogP contribution is 2.23. The van der Waals surface area contributed by atoms with E-state index in [0.717, 1.165) is 29.7 Å². The SMILES string of the molecule is Cc1cc(CN=C(N)NCCc2ccccc2)cc(C)c1O.I. The van der Waals surface area contributed by atoms with Gasteiger partial charge >= 0.3 is 0 Å². The molecule has 2 aromatic carbocycles. The number of hydrogen-bond acceptors (Lipinski definition) is 2. The molecule has 4 N–H and O–H groups in total. The second-order valence-electron chi connectivity index (χ2n) is 5.44. The maximum absolute atomic E-state index is 9.76. The Kier molecular flexibility index (Phi) is 7.88. The Morgan fingerprint density at radius 1 is 1.09 bits per heavy atom. The average molecular weight is 425 g/mol. The summed E-state index contributed by atoms with van der Waals surface area (Å²) < 4.78 is 0. The highest BCUT2D eigenvalue weighted by atomic mass is 127. The molecule has 0 saturated carbocycles. The van der Waals surface area contributed by atoms with Gasteiger partial charge in [-0.1, -0.05) is 42.5 Å². The van der Waals surface area contributed by atoms with Gasteiger partial charge in [0.1, 0.15) is 5.75 Å². The largest absolute Gasteiger partial charge is 0.507 e.